The van der Waals surface area contributed by atoms with E-state index in [0.717, 1.165) is 22.6 Å². The van der Waals surface area contributed by atoms with Crippen LogP contribution in [0.4, 0.5) is 0 Å². The summed E-state index contributed by atoms with van der Waals surface area (Å²) in [5, 5.41) is 11.1. The molecular formula is C20H20N4O2. The van der Waals surface area contributed by atoms with E-state index in [0.29, 0.717) is 18.8 Å². The van der Waals surface area contributed by atoms with Gasteiger partial charge in [-0.25, -0.2) is 4.68 Å². The monoisotopic (exact) mass is 348 g/mol. The van der Waals surface area contributed by atoms with Crippen molar-refractivity contribution < 1.29 is 9.53 Å². The predicted octanol–water partition coefficient (Wildman–Crippen LogP) is 2.59. The third-order valence-corrected chi connectivity index (χ3v) is 4.49. The molecule has 1 aromatic heterocycles. The number of rotatable bonds is 5. The highest BCUT2D eigenvalue weighted by Crippen LogP contribution is 2.23. The number of nitrogens with zero attached hydrogens (tertiary/aromatic N) is 2. The fraction of sp³-hybridized carbons (Fsp3) is 0.200. The van der Waals surface area contributed by atoms with Crippen molar-refractivity contribution in [2.75, 3.05) is 13.7 Å². The van der Waals surface area contributed by atoms with Gasteiger partial charge in [0, 0.05) is 12.1 Å². The van der Waals surface area contributed by atoms with Gasteiger partial charge >= 0.3 is 0 Å². The van der Waals surface area contributed by atoms with Crippen LogP contribution in [0, 0.1) is 0 Å². The number of hydrogen-bond donors (Lipinski definition) is 2. The first-order valence-electron chi connectivity index (χ1n) is 8.54. The molecule has 0 unspecified atom stereocenters. The molecule has 1 atom stereocenters. The molecule has 0 saturated carbocycles. The van der Waals surface area contributed by atoms with Gasteiger partial charge in [0.05, 0.1) is 19.3 Å². The molecule has 2 heterocycles. The van der Waals surface area contributed by atoms with Gasteiger partial charge in [-0.2, -0.15) is 5.10 Å². The van der Waals surface area contributed by atoms with Gasteiger partial charge in [-0.05, 0) is 23.8 Å². The first-order valence-corrected chi connectivity index (χ1v) is 8.54. The number of carbonyl (C=O) groups is 1. The van der Waals surface area contributed by atoms with Crippen LogP contribution in [0.1, 0.15) is 22.2 Å². The van der Waals surface area contributed by atoms with Crippen LogP contribution < -0.4 is 15.4 Å². The van der Waals surface area contributed by atoms with E-state index in [1.165, 1.54) is 0 Å². The Morgan fingerprint density at radius 3 is 2.69 bits per heavy atom. The topological polar surface area (TPSA) is 68.2 Å². The second-order valence-corrected chi connectivity index (χ2v) is 6.18. The fourth-order valence-electron chi connectivity index (χ4n) is 3.06. The molecule has 0 spiro atoms. The van der Waals surface area contributed by atoms with Crippen LogP contribution in [0.25, 0.3) is 11.3 Å². The predicted molar refractivity (Wildman–Crippen MR) is 98.9 cm³/mol. The molecule has 0 saturated heterocycles. The first kappa shape index (κ1) is 16.4. The Hall–Kier alpha value is -3.12. The van der Waals surface area contributed by atoms with Gasteiger partial charge in [-0.3, -0.25) is 10.1 Å². The van der Waals surface area contributed by atoms with E-state index in [1.807, 2.05) is 60.7 Å². The molecule has 0 radical (unpaired) electrons. The number of ether oxygens (including phenoxy) is 1. The largest absolute Gasteiger partial charge is 0.497 e. The maximum atomic E-state index is 12.2. The number of benzene rings is 2. The third kappa shape index (κ3) is 3.19. The number of methoxy groups -OCH3 is 1. The van der Waals surface area contributed by atoms with E-state index in [1.54, 1.807) is 11.8 Å². The van der Waals surface area contributed by atoms with Crippen LogP contribution in [0.5, 0.6) is 5.75 Å². The number of fused-ring (bicyclic) bond motifs is 1. The highest BCUT2D eigenvalue weighted by Gasteiger charge is 2.27. The molecule has 1 aliphatic heterocycles. The zero-order valence-electron chi connectivity index (χ0n) is 14.5. The maximum absolute atomic E-state index is 12.2. The average Bonchev–Trinajstić information content (AvgIpc) is 3.15. The molecule has 132 valence electrons. The van der Waals surface area contributed by atoms with Crippen molar-refractivity contribution in [3.05, 3.63) is 71.9 Å². The lowest BCUT2D eigenvalue weighted by molar-refractivity contribution is 0.0900. The molecule has 1 aliphatic rings. The maximum Gasteiger partial charge on any atom is 0.269 e. The molecule has 26 heavy (non-hydrogen) atoms. The Bertz CT molecular complexity index is 903. The molecule has 6 nitrogen and oxygen atoms in total. The normalized spacial score (nSPS) is 16.0. The standard InChI is InChI=1S/C20H20N4O2/c1-26-16-9-7-14(8-10-16)12-21-19-13-22-20(25)18-11-17(23-24(18)19)15-5-3-2-4-6-15/h2-11,19,21H,12-13H2,1H3,(H,22,25)/t19-/m0/s1. The van der Waals surface area contributed by atoms with E-state index >= 15 is 0 Å². The van der Waals surface area contributed by atoms with Crippen LogP contribution in [-0.2, 0) is 6.54 Å². The third-order valence-electron chi connectivity index (χ3n) is 4.49. The Labute approximate surface area is 151 Å². The van der Waals surface area contributed by atoms with Crippen LogP contribution >= 0.6 is 0 Å². The van der Waals surface area contributed by atoms with Crippen molar-refractivity contribution in [1.82, 2.24) is 20.4 Å². The smallest absolute Gasteiger partial charge is 0.269 e. The minimum absolute atomic E-state index is 0.0951. The lowest BCUT2D eigenvalue weighted by atomic mass is 10.1. The van der Waals surface area contributed by atoms with E-state index in [-0.39, 0.29) is 12.1 Å². The Morgan fingerprint density at radius 2 is 1.96 bits per heavy atom. The van der Waals surface area contributed by atoms with Crippen molar-refractivity contribution in [2.45, 2.75) is 12.7 Å². The first-order chi connectivity index (χ1) is 12.7. The molecule has 3 aromatic rings. The summed E-state index contributed by atoms with van der Waals surface area (Å²) in [6, 6.07) is 19.6. The molecule has 0 aliphatic carbocycles. The lowest BCUT2D eigenvalue weighted by Gasteiger charge is -2.25. The van der Waals surface area contributed by atoms with Crippen LogP contribution in [0.15, 0.2) is 60.7 Å². The van der Waals surface area contributed by atoms with Gasteiger partial charge in [0.1, 0.15) is 17.6 Å². The van der Waals surface area contributed by atoms with Crippen molar-refractivity contribution in [3.63, 3.8) is 0 Å². The molecule has 2 N–H and O–H groups in total. The summed E-state index contributed by atoms with van der Waals surface area (Å²) in [7, 11) is 1.65. The highest BCUT2D eigenvalue weighted by molar-refractivity contribution is 5.94. The summed E-state index contributed by atoms with van der Waals surface area (Å²) in [6.45, 7) is 1.17. The van der Waals surface area contributed by atoms with Crippen molar-refractivity contribution in [2.24, 2.45) is 0 Å². The fourth-order valence-corrected chi connectivity index (χ4v) is 3.06. The van der Waals surface area contributed by atoms with E-state index < -0.39 is 0 Å². The second kappa shape index (κ2) is 7.01. The van der Waals surface area contributed by atoms with Crippen LogP contribution in [-0.4, -0.2) is 29.3 Å². The number of amides is 1. The summed E-state index contributed by atoms with van der Waals surface area (Å²) in [6.07, 6.45) is -0.0951. The van der Waals surface area contributed by atoms with Crippen LogP contribution in [0.3, 0.4) is 0 Å². The number of carbonyl (C=O) groups excluding carboxylic acids is 1. The van der Waals surface area contributed by atoms with Crippen molar-refractivity contribution in [1.29, 1.82) is 0 Å². The average molecular weight is 348 g/mol. The summed E-state index contributed by atoms with van der Waals surface area (Å²) in [4.78, 5) is 12.2. The molecule has 1 amide bonds. The number of hydrogen-bond acceptors (Lipinski definition) is 4. The Balaban J connectivity index is 1.54. The molecule has 2 aromatic carbocycles. The lowest BCUT2D eigenvalue weighted by Crippen LogP contribution is -2.45. The minimum atomic E-state index is -0.0952. The summed E-state index contributed by atoms with van der Waals surface area (Å²) in [5.74, 6) is 0.739. The second-order valence-electron chi connectivity index (χ2n) is 6.18. The number of aromatic nitrogens is 2. The summed E-state index contributed by atoms with van der Waals surface area (Å²) >= 11 is 0. The van der Waals surface area contributed by atoms with E-state index in [4.69, 9.17) is 4.74 Å². The van der Waals surface area contributed by atoms with Crippen molar-refractivity contribution >= 4 is 5.91 Å². The van der Waals surface area contributed by atoms with E-state index in [9.17, 15) is 4.79 Å². The Morgan fingerprint density at radius 1 is 1.19 bits per heavy atom. The van der Waals surface area contributed by atoms with E-state index in [2.05, 4.69) is 15.7 Å². The molecule has 0 fully saturated rings. The quantitative estimate of drug-likeness (QED) is 0.744. The zero-order valence-corrected chi connectivity index (χ0v) is 14.5. The van der Waals surface area contributed by atoms with Gasteiger partial charge in [-0.15, -0.1) is 0 Å². The Kier molecular flexibility index (Phi) is 4.41. The van der Waals surface area contributed by atoms with Gasteiger partial charge in [0.2, 0.25) is 0 Å². The molecule has 6 heteroatoms. The summed E-state index contributed by atoms with van der Waals surface area (Å²) in [5.41, 5.74) is 3.51. The van der Waals surface area contributed by atoms with Gasteiger partial charge in [-0.1, -0.05) is 42.5 Å². The van der Waals surface area contributed by atoms with Gasteiger partial charge in [0.25, 0.3) is 5.91 Å². The molecular weight excluding hydrogens is 328 g/mol. The SMILES string of the molecule is COc1ccc(CN[C@@H]2CNC(=O)c3cc(-c4ccccc4)nn32)cc1. The summed E-state index contributed by atoms with van der Waals surface area (Å²) < 4.78 is 6.97. The van der Waals surface area contributed by atoms with Gasteiger partial charge < -0.3 is 10.1 Å². The number of nitrogens with one attached hydrogen (secondary N) is 2. The van der Waals surface area contributed by atoms with Crippen molar-refractivity contribution in [3.8, 4) is 17.0 Å². The zero-order chi connectivity index (χ0) is 17.9. The minimum Gasteiger partial charge on any atom is -0.497 e. The highest BCUT2D eigenvalue weighted by atomic mass is 16.5. The molecule has 0 bridgehead atoms. The van der Waals surface area contributed by atoms with Gasteiger partial charge in [0.15, 0.2) is 0 Å². The van der Waals surface area contributed by atoms with Crippen LogP contribution in [0.2, 0.25) is 0 Å². The molecule has 4 rings (SSSR count).